The van der Waals surface area contributed by atoms with E-state index in [1.54, 1.807) is 0 Å². The molecule has 0 bridgehead atoms. The number of rotatable bonds is 3. The lowest BCUT2D eigenvalue weighted by molar-refractivity contribution is -0.192. The molecule has 0 spiro atoms. The largest absolute Gasteiger partial charge is 0.490 e. The Labute approximate surface area is 124 Å². The van der Waals surface area contributed by atoms with Crippen molar-refractivity contribution in [3.8, 4) is 0 Å². The number of carboxylic acids is 2. The zero-order valence-corrected chi connectivity index (χ0v) is 11.7. The van der Waals surface area contributed by atoms with Gasteiger partial charge in [-0.1, -0.05) is 37.3 Å². The highest BCUT2D eigenvalue weighted by Gasteiger charge is 2.69. The van der Waals surface area contributed by atoms with Crippen molar-refractivity contribution < 1.29 is 33.0 Å². The summed E-state index contributed by atoms with van der Waals surface area (Å²) < 4.78 is 31.7. The Morgan fingerprint density at radius 3 is 1.95 bits per heavy atom. The van der Waals surface area contributed by atoms with Crippen LogP contribution in [0.25, 0.3) is 0 Å². The monoisotopic (exact) mass is 319 g/mol. The summed E-state index contributed by atoms with van der Waals surface area (Å²) in [6.07, 6.45) is -3.78. The van der Waals surface area contributed by atoms with Crippen LogP contribution < -0.4 is 5.73 Å². The van der Waals surface area contributed by atoms with Gasteiger partial charge in [-0.25, -0.2) is 4.79 Å². The zero-order valence-electron chi connectivity index (χ0n) is 11.7. The van der Waals surface area contributed by atoms with Gasteiger partial charge in [-0.3, -0.25) is 4.79 Å². The quantitative estimate of drug-likeness (QED) is 0.792. The van der Waals surface area contributed by atoms with Crippen LogP contribution in [-0.2, 0) is 15.0 Å². The lowest BCUT2D eigenvalue weighted by Crippen LogP contribution is -2.41. The SMILES string of the molecule is CC[C@]1(c2ccccc2)C[C@@]1(N)C(=O)O.O=C(O)C(F)(F)F. The highest BCUT2D eigenvalue weighted by atomic mass is 19.4. The second-order valence-electron chi connectivity index (χ2n) is 5.06. The number of hydrogen-bond acceptors (Lipinski definition) is 3. The molecule has 2 atom stereocenters. The molecule has 0 unspecified atom stereocenters. The van der Waals surface area contributed by atoms with E-state index in [1.165, 1.54) is 0 Å². The molecule has 0 aliphatic heterocycles. The van der Waals surface area contributed by atoms with Crippen LogP contribution >= 0.6 is 0 Å². The first-order valence-electron chi connectivity index (χ1n) is 6.39. The van der Waals surface area contributed by atoms with Crippen LogP contribution in [0.3, 0.4) is 0 Å². The fourth-order valence-corrected chi connectivity index (χ4v) is 2.47. The van der Waals surface area contributed by atoms with Gasteiger partial charge in [-0.15, -0.1) is 0 Å². The molecule has 1 saturated carbocycles. The first kappa shape index (κ1) is 18.0. The van der Waals surface area contributed by atoms with Crippen molar-refractivity contribution in [3.63, 3.8) is 0 Å². The average Bonchev–Trinajstić information content (AvgIpc) is 3.08. The van der Waals surface area contributed by atoms with Crippen molar-refractivity contribution >= 4 is 11.9 Å². The van der Waals surface area contributed by atoms with E-state index < -0.39 is 23.7 Å². The van der Waals surface area contributed by atoms with Gasteiger partial charge in [0.05, 0.1) is 0 Å². The molecule has 22 heavy (non-hydrogen) atoms. The van der Waals surface area contributed by atoms with Crippen LogP contribution in [-0.4, -0.2) is 33.9 Å². The molecule has 0 saturated heterocycles. The van der Waals surface area contributed by atoms with Crippen molar-refractivity contribution in [2.24, 2.45) is 5.73 Å². The van der Waals surface area contributed by atoms with Crippen molar-refractivity contribution in [2.75, 3.05) is 0 Å². The first-order chi connectivity index (χ1) is 10.0. The topological polar surface area (TPSA) is 101 Å². The number of nitrogens with two attached hydrogens (primary N) is 1. The lowest BCUT2D eigenvalue weighted by Gasteiger charge is -2.18. The predicted molar refractivity (Wildman–Crippen MR) is 71.3 cm³/mol. The standard InChI is InChI=1S/C12H15NO2.C2HF3O2/c1-2-11(8-12(11,13)10(14)15)9-6-4-3-5-7-9;3-2(4,5)1(6)7/h3-7H,2,8,13H2,1H3,(H,14,15);(H,6,7)/t11-,12-;/m1./s1. The normalized spacial score (nSPS) is 26.6. The van der Waals surface area contributed by atoms with E-state index >= 15 is 0 Å². The third-order valence-corrected chi connectivity index (χ3v) is 3.86. The van der Waals surface area contributed by atoms with Gasteiger partial charge in [-0.05, 0) is 18.4 Å². The number of halogens is 3. The zero-order chi connectivity index (χ0) is 17.2. The van der Waals surface area contributed by atoms with Crippen LogP contribution in [0.15, 0.2) is 30.3 Å². The van der Waals surface area contributed by atoms with Crippen LogP contribution in [0.4, 0.5) is 13.2 Å². The number of benzene rings is 1. The van der Waals surface area contributed by atoms with Gasteiger partial charge in [0, 0.05) is 5.41 Å². The van der Waals surface area contributed by atoms with Crippen LogP contribution in [0.5, 0.6) is 0 Å². The summed E-state index contributed by atoms with van der Waals surface area (Å²) in [4.78, 5) is 20.0. The number of hydrogen-bond donors (Lipinski definition) is 3. The summed E-state index contributed by atoms with van der Waals surface area (Å²) in [5.41, 5.74) is 5.52. The number of alkyl halides is 3. The van der Waals surface area contributed by atoms with E-state index in [-0.39, 0.29) is 5.41 Å². The van der Waals surface area contributed by atoms with E-state index in [4.69, 9.17) is 20.7 Å². The van der Waals surface area contributed by atoms with Gasteiger partial charge in [-0.2, -0.15) is 13.2 Å². The summed E-state index contributed by atoms with van der Waals surface area (Å²) in [5, 5.41) is 16.2. The maximum atomic E-state index is 11.1. The molecule has 1 aromatic rings. The molecule has 0 amide bonds. The fraction of sp³-hybridized carbons (Fsp3) is 0.429. The summed E-state index contributed by atoms with van der Waals surface area (Å²) in [6.45, 7) is 1.99. The summed E-state index contributed by atoms with van der Waals surface area (Å²) in [5.74, 6) is -3.65. The Bertz CT molecular complexity index is 561. The van der Waals surface area contributed by atoms with Gasteiger partial charge < -0.3 is 15.9 Å². The predicted octanol–water partition coefficient (Wildman–Crippen LogP) is 2.15. The molecule has 0 heterocycles. The molecule has 1 aliphatic rings. The first-order valence-corrected chi connectivity index (χ1v) is 6.39. The Morgan fingerprint density at radius 1 is 1.23 bits per heavy atom. The highest BCUT2D eigenvalue weighted by molar-refractivity contribution is 5.87. The van der Waals surface area contributed by atoms with Crippen molar-refractivity contribution in [1.29, 1.82) is 0 Å². The van der Waals surface area contributed by atoms with Crippen molar-refractivity contribution in [1.82, 2.24) is 0 Å². The van der Waals surface area contributed by atoms with E-state index in [1.807, 2.05) is 37.3 Å². The maximum Gasteiger partial charge on any atom is 0.490 e. The molecule has 122 valence electrons. The Hall–Kier alpha value is -2.09. The van der Waals surface area contributed by atoms with Gasteiger partial charge in [0.15, 0.2) is 0 Å². The average molecular weight is 319 g/mol. The molecule has 2 rings (SSSR count). The molecule has 5 nitrogen and oxygen atoms in total. The second kappa shape index (κ2) is 5.96. The third-order valence-electron chi connectivity index (χ3n) is 3.86. The van der Waals surface area contributed by atoms with Gasteiger partial charge >= 0.3 is 18.1 Å². The van der Waals surface area contributed by atoms with E-state index in [9.17, 15) is 18.0 Å². The lowest BCUT2D eigenvalue weighted by atomic mass is 9.88. The summed E-state index contributed by atoms with van der Waals surface area (Å²) >= 11 is 0. The molecule has 4 N–H and O–H groups in total. The molecular weight excluding hydrogens is 303 g/mol. The Morgan fingerprint density at radius 2 is 1.68 bits per heavy atom. The van der Waals surface area contributed by atoms with Gasteiger partial charge in [0.25, 0.3) is 0 Å². The van der Waals surface area contributed by atoms with Crippen molar-refractivity contribution in [2.45, 2.75) is 36.9 Å². The third kappa shape index (κ3) is 3.22. The van der Waals surface area contributed by atoms with Crippen molar-refractivity contribution in [3.05, 3.63) is 35.9 Å². The molecule has 0 radical (unpaired) electrons. The van der Waals surface area contributed by atoms with Crippen LogP contribution in [0.1, 0.15) is 25.3 Å². The Balaban J connectivity index is 0.000000295. The van der Waals surface area contributed by atoms with Gasteiger partial charge in [0.1, 0.15) is 5.54 Å². The fourth-order valence-electron chi connectivity index (χ4n) is 2.47. The smallest absolute Gasteiger partial charge is 0.480 e. The molecule has 8 heteroatoms. The minimum Gasteiger partial charge on any atom is -0.480 e. The molecular formula is C14H16F3NO4. The van der Waals surface area contributed by atoms with E-state index in [0.29, 0.717) is 6.42 Å². The van der Waals surface area contributed by atoms with Gasteiger partial charge in [0.2, 0.25) is 0 Å². The number of aliphatic carboxylic acids is 2. The summed E-state index contributed by atoms with van der Waals surface area (Å²) in [6, 6.07) is 9.69. The van der Waals surface area contributed by atoms with E-state index in [0.717, 1.165) is 12.0 Å². The molecule has 1 aliphatic carbocycles. The van der Waals surface area contributed by atoms with E-state index in [2.05, 4.69) is 0 Å². The molecule has 0 aromatic heterocycles. The minimum absolute atomic E-state index is 0.361. The highest BCUT2D eigenvalue weighted by Crippen LogP contribution is 2.58. The van der Waals surface area contributed by atoms with Crippen LogP contribution in [0.2, 0.25) is 0 Å². The second-order valence-corrected chi connectivity index (χ2v) is 5.06. The molecule has 1 fully saturated rings. The Kier molecular flexibility index (Phi) is 4.86. The van der Waals surface area contributed by atoms with Crippen LogP contribution in [0, 0.1) is 0 Å². The molecule has 1 aromatic carbocycles. The summed E-state index contributed by atoms with van der Waals surface area (Å²) in [7, 11) is 0. The maximum absolute atomic E-state index is 11.1. The number of carboxylic acid groups (broad SMARTS) is 2. The number of carbonyl (C=O) groups is 2. The minimum atomic E-state index is -5.08.